The van der Waals surface area contributed by atoms with Gasteiger partial charge in [-0.2, -0.15) is 0 Å². The Hall–Kier alpha value is -0.650. The van der Waals surface area contributed by atoms with Crippen molar-refractivity contribution in [3.05, 3.63) is 30.1 Å². The topological polar surface area (TPSA) is 46.2 Å². The van der Waals surface area contributed by atoms with Gasteiger partial charge in [0.25, 0.3) is 0 Å². The molecular formula is C12H15ClFNO2S. The number of nitrogens with one attached hydrogen (secondary N) is 1. The van der Waals surface area contributed by atoms with Crippen molar-refractivity contribution in [2.75, 3.05) is 0 Å². The van der Waals surface area contributed by atoms with Crippen LogP contribution in [0, 0.1) is 5.82 Å². The van der Waals surface area contributed by atoms with Gasteiger partial charge >= 0.3 is 0 Å². The minimum atomic E-state index is -3.78. The lowest BCUT2D eigenvalue weighted by Gasteiger charge is -2.25. The van der Waals surface area contributed by atoms with Crippen molar-refractivity contribution in [3.63, 3.8) is 0 Å². The van der Waals surface area contributed by atoms with E-state index in [2.05, 4.69) is 4.72 Å². The monoisotopic (exact) mass is 291 g/mol. The molecule has 0 heterocycles. The Labute approximate surface area is 111 Å². The highest BCUT2D eigenvalue weighted by Gasteiger charge is 2.26. The minimum absolute atomic E-state index is 0.124. The van der Waals surface area contributed by atoms with E-state index in [4.69, 9.17) is 11.6 Å². The lowest BCUT2D eigenvalue weighted by Crippen LogP contribution is -2.38. The molecule has 2 rings (SSSR count). The Morgan fingerprint density at radius 3 is 2.39 bits per heavy atom. The zero-order valence-electron chi connectivity index (χ0n) is 9.77. The molecule has 0 unspecified atom stereocenters. The molecule has 100 valence electrons. The first kappa shape index (κ1) is 13.8. The average molecular weight is 292 g/mol. The van der Waals surface area contributed by atoms with Crippen LogP contribution in [0.25, 0.3) is 0 Å². The second-order valence-corrected chi connectivity index (χ2v) is 6.80. The standard InChI is InChI=1S/C12H15ClFNO2S/c13-9-5-7-10(8-6-9)15-18(16,17)12-4-2-1-3-11(12)14/h1-4,9-10,15H,5-8H2. The first-order valence-electron chi connectivity index (χ1n) is 5.90. The smallest absolute Gasteiger partial charge is 0.208 e. The number of alkyl halides is 1. The van der Waals surface area contributed by atoms with E-state index in [9.17, 15) is 12.8 Å². The van der Waals surface area contributed by atoms with E-state index in [-0.39, 0.29) is 16.3 Å². The molecule has 18 heavy (non-hydrogen) atoms. The maximum absolute atomic E-state index is 13.5. The molecule has 0 aliphatic heterocycles. The molecule has 1 saturated carbocycles. The summed E-state index contributed by atoms with van der Waals surface area (Å²) >= 11 is 5.96. The Balaban J connectivity index is 2.11. The summed E-state index contributed by atoms with van der Waals surface area (Å²) in [5.41, 5.74) is 0. The predicted molar refractivity (Wildman–Crippen MR) is 68.6 cm³/mol. The van der Waals surface area contributed by atoms with Crippen molar-refractivity contribution >= 4 is 21.6 Å². The SMILES string of the molecule is O=S(=O)(NC1CCC(Cl)CC1)c1ccccc1F. The second-order valence-electron chi connectivity index (χ2n) is 4.50. The van der Waals surface area contributed by atoms with Gasteiger partial charge in [-0.25, -0.2) is 17.5 Å². The van der Waals surface area contributed by atoms with Crippen molar-refractivity contribution in [1.29, 1.82) is 0 Å². The van der Waals surface area contributed by atoms with E-state index in [1.54, 1.807) is 0 Å². The Morgan fingerprint density at radius 1 is 1.17 bits per heavy atom. The number of halogens is 2. The van der Waals surface area contributed by atoms with Gasteiger partial charge in [0.2, 0.25) is 10.0 Å². The van der Waals surface area contributed by atoms with Crippen LogP contribution in [0.2, 0.25) is 0 Å². The maximum atomic E-state index is 13.5. The quantitative estimate of drug-likeness (QED) is 0.870. The van der Waals surface area contributed by atoms with E-state index in [0.717, 1.165) is 18.9 Å². The van der Waals surface area contributed by atoms with Gasteiger partial charge in [-0.05, 0) is 37.8 Å². The zero-order valence-corrected chi connectivity index (χ0v) is 11.3. The average Bonchev–Trinajstić information content (AvgIpc) is 2.32. The van der Waals surface area contributed by atoms with E-state index >= 15 is 0 Å². The highest BCUT2D eigenvalue weighted by atomic mass is 35.5. The van der Waals surface area contributed by atoms with Crippen molar-refractivity contribution in [2.45, 2.75) is 42.0 Å². The molecule has 1 aromatic carbocycles. The summed E-state index contributed by atoms with van der Waals surface area (Å²) in [6.45, 7) is 0. The Kier molecular flexibility index (Phi) is 4.25. The van der Waals surface area contributed by atoms with Gasteiger partial charge in [0.1, 0.15) is 10.7 Å². The van der Waals surface area contributed by atoms with Crippen LogP contribution >= 0.6 is 11.6 Å². The molecule has 0 amide bonds. The summed E-state index contributed by atoms with van der Waals surface area (Å²) in [7, 11) is -3.78. The molecular weight excluding hydrogens is 277 g/mol. The summed E-state index contributed by atoms with van der Waals surface area (Å²) in [6.07, 6.45) is 2.96. The molecule has 1 aromatic rings. The van der Waals surface area contributed by atoms with Gasteiger partial charge in [-0.3, -0.25) is 0 Å². The molecule has 0 bridgehead atoms. The Bertz CT molecular complexity index is 513. The summed E-state index contributed by atoms with van der Waals surface area (Å²) in [6, 6.07) is 5.24. The van der Waals surface area contributed by atoms with Crippen molar-refractivity contribution in [3.8, 4) is 0 Å². The van der Waals surface area contributed by atoms with E-state index < -0.39 is 15.8 Å². The van der Waals surface area contributed by atoms with Crippen LogP contribution in [0.3, 0.4) is 0 Å². The number of sulfonamides is 1. The highest BCUT2D eigenvalue weighted by Crippen LogP contribution is 2.24. The molecule has 1 aliphatic carbocycles. The number of hydrogen-bond acceptors (Lipinski definition) is 2. The fourth-order valence-electron chi connectivity index (χ4n) is 2.12. The summed E-state index contributed by atoms with van der Waals surface area (Å²) < 4.78 is 40.0. The van der Waals surface area contributed by atoms with E-state index in [1.807, 2.05) is 0 Å². The lowest BCUT2D eigenvalue weighted by atomic mass is 9.96. The number of benzene rings is 1. The van der Waals surface area contributed by atoms with Gasteiger partial charge in [-0.1, -0.05) is 12.1 Å². The molecule has 6 heteroatoms. The molecule has 1 aliphatic rings. The van der Waals surface area contributed by atoms with Crippen LogP contribution in [-0.4, -0.2) is 19.8 Å². The van der Waals surface area contributed by atoms with Gasteiger partial charge in [0, 0.05) is 11.4 Å². The van der Waals surface area contributed by atoms with Crippen molar-refractivity contribution < 1.29 is 12.8 Å². The van der Waals surface area contributed by atoms with Crippen LogP contribution < -0.4 is 4.72 Å². The molecule has 1 N–H and O–H groups in total. The first-order chi connectivity index (χ1) is 8.49. The maximum Gasteiger partial charge on any atom is 0.243 e. The van der Waals surface area contributed by atoms with Crippen LogP contribution in [0.1, 0.15) is 25.7 Å². The summed E-state index contributed by atoms with van der Waals surface area (Å²) in [5, 5.41) is 0.124. The summed E-state index contributed by atoms with van der Waals surface area (Å²) in [5.74, 6) is -0.726. The van der Waals surface area contributed by atoms with Gasteiger partial charge < -0.3 is 0 Å². The van der Waals surface area contributed by atoms with Crippen LogP contribution in [-0.2, 0) is 10.0 Å². The Morgan fingerprint density at radius 2 is 1.78 bits per heavy atom. The molecule has 3 nitrogen and oxygen atoms in total. The van der Waals surface area contributed by atoms with Crippen molar-refractivity contribution in [1.82, 2.24) is 4.72 Å². The largest absolute Gasteiger partial charge is 0.243 e. The van der Waals surface area contributed by atoms with E-state index in [1.165, 1.54) is 18.2 Å². The van der Waals surface area contributed by atoms with E-state index in [0.29, 0.717) is 12.8 Å². The molecule has 0 atom stereocenters. The third-order valence-corrected chi connectivity index (χ3v) is 5.09. The van der Waals surface area contributed by atoms with Crippen LogP contribution in [0.5, 0.6) is 0 Å². The summed E-state index contributed by atoms with van der Waals surface area (Å²) in [4.78, 5) is -0.294. The first-order valence-corrected chi connectivity index (χ1v) is 7.82. The normalized spacial score (nSPS) is 25.0. The van der Waals surface area contributed by atoms with Crippen LogP contribution in [0.4, 0.5) is 4.39 Å². The predicted octanol–water partition coefficient (Wildman–Crippen LogP) is 2.65. The molecule has 1 fully saturated rings. The fraction of sp³-hybridized carbons (Fsp3) is 0.500. The number of rotatable bonds is 3. The molecule has 0 saturated heterocycles. The molecule has 0 radical (unpaired) electrons. The van der Waals surface area contributed by atoms with Gasteiger partial charge in [-0.15, -0.1) is 11.6 Å². The number of hydrogen-bond donors (Lipinski definition) is 1. The third kappa shape index (κ3) is 3.22. The lowest BCUT2D eigenvalue weighted by molar-refractivity contribution is 0.415. The van der Waals surface area contributed by atoms with Crippen LogP contribution in [0.15, 0.2) is 29.2 Å². The van der Waals surface area contributed by atoms with Gasteiger partial charge in [0.05, 0.1) is 0 Å². The molecule has 0 spiro atoms. The van der Waals surface area contributed by atoms with Gasteiger partial charge in [0.15, 0.2) is 0 Å². The fourth-order valence-corrected chi connectivity index (χ4v) is 3.75. The second kappa shape index (κ2) is 5.55. The van der Waals surface area contributed by atoms with Crippen molar-refractivity contribution in [2.24, 2.45) is 0 Å². The zero-order chi connectivity index (χ0) is 13.2. The highest BCUT2D eigenvalue weighted by molar-refractivity contribution is 7.89. The third-order valence-electron chi connectivity index (χ3n) is 3.10. The molecule has 0 aromatic heterocycles. The minimum Gasteiger partial charge on any atom is -0.208 e.